The predicted octanol–water partition coefficient (Wildman–Crippen LogP) is 1.80. The van der Waals surface area contributed by atoms with E-state index in [-0.39, 0.29) is 0 Å². The smallest absolute Gasteiger partial charge is 0.0495 e. The van der Waals surface area contributed by atoms with Gasteiger partial charge in [-0.15, -0.1) is 0 Å². The van der Waals surface area contributed by atoms with Crippen molar-refractivity contribution in [3.63, 3.8) is 0 Å². The molecule has 0 spiro atoms. The highest BCUT2D eigenvalue weighted by atomic mass is 16.3. The topological polar surface area (TPSA) is 20.2 Å². The van der Waals surface area contributed by atoms with Crippen molar-refractivity contribution < 1.29 is 5.11 Å². The van der Waals surface area contributed by atoms with Gasteiger partial charge in [-0.25, -0.2) is 0 Å². The fraction of sp³-hybridized carbons (Fsp3) is 1.00. The van der Waals surface area contributed by atoms with Gasteiger partial charge in [-0.05, 0) is 36.0 Å². The van der Waals surface area contributed by atoms with Crippen LogP contribution in [0.1, 0.15) is 33.1 Å². The van der Waals surface area contributed by atoms with Crippen LogP contribution in [0.4, 0.5) is 0 Å². The summed E-state index contributed by atoms with van der Waals surface area (Å²) >= 11 is 0. The van der Waals surface area contributed by atoms with Crippen LogP contribution in [0.5, 0.6) is 0 Å². The first-order valence-electron chi connectivity index (χ1n) is 4.72. The highest BCUT2D eigenvalue weighted by molar-refractivity contribution is 5.36. The molecule has 5 aliphatic rings. The third-order valence-electron chi connectivity index (χ3n) is 5.69. The Morgan fingerprint density at radius 2 is 2.18 bits per heavy atom. The lowest BCUT2D eigenvalue weighted by Gasteiger charge is -2.82. The summed E-state index contributed by atoms with van der Waals surface area (Å²) in [4.78, 5) is 0. The quantitative estimate of drug-likeness (QED) is 0.607. The molecule has 1 heteroatoms. The van der Waals surface area contributed by atoms with E-state index in [1.807, 2.05) is 0 Å². The molecule has 1 N–H and O–H groups in total. The highest BCUT2D eigenvalue weighted by Gasteiger charge is 2.88. The lowest BCUT2D eigenvalue weighted by atomic mass is 9.22. The third kappa shape index (κ3) is 0.312. The number of aliphatic hydroxyl groups excluding tert-OH is 1. The van der Waals surface area contributed by atoms with Gasteiger partial charge < -0.3 is 5.11 Å². The van der Waals surface area contributed by atoms with Crippen molar-refractivity contribution in [1.82, 2.24) is 0 Å². The Hall–Kier alpha value is -0.0400. The van der Waals surface area contributed by atoms with E-state index in [4.69, 9.17) is 0 Å². The predicted molar refractivity (Wildman–Crippen MR) is 43.1 cm³/mol. The number of fused-ring (bicyclic) bond motifs is 1. The maximum atomic E-state index is 9.34. The summed E-state index contributed by atoms with van der Waals surface area (Å²) in [5, 5.41) is 9.34. The first-order chi connectivity index (χ1) is 5.11. The number of aliphatic hydroxyl groups is 1. The van der Waals surface area contributed by atoms with E-state index in [0.717, 1.165) is 5.92 Å². The largest absolute Gasteiger partial charge is 0.396 e. The van der Waals surface area contributed by atoms with Gasteiger partial charge in [0.15, 0.2) is 0 Å². The Labute approximate surface area is 67.8 Å². The molecule has 5 saturated carbocycles. The third-order valence-corrected chi connectivity index (χ3v) is 5.69. The van der Waals surface area contributed by atoms with Crippen LogP contribution >= 0.6 is 0 Å². The Morgan fingerprint density at radius 3 is 2.45 bits per heavy atom. The molecule has 0 aromatic heterocycles. The summed E-state index contributed by atoms with van der Waals surface area (Å²) in [5.74, 6) is 0.880. The minimum atomic E-state index is 0.391. The van der Waals surface area contributed by atoms with Gasteiger partial charge in [-0.2, -0.15) is 0 Å². The van der Waals surface area contributed by atoms with Crippen molar-refractivity contribution in [3.8, 4) is 0 Å². The number of hydrogen-bond donors (Lipinski definition) is 1. The van der Waals surface area contributed by atoms with Crippen LogP contribution in [0.25, 0.3) is 0 Å². The van der Waals surface area contributed by atoms with E-state index >= 15 is 0 Å². The van der Waals surface area contributed by atoms with Crippen LogP contribution in [0.15, 0.2) is 0 Å². The van der Waals surface area contributed by atoms with Gasteiger partial charge in [-0.1, -0.05) is 13.8 Å². The molecule has 0 aromatic carbocycles. The molecule has 0 radical (unpaired) electrons. The zero-order chi connectivity index (χ0) is 7.91. The van der Waals surface area contributed by atoms with Crippen molar-refractivity contribution in [2.24, 2.45) is 22.2 Å². The molecular formula is C10H16O. The summed E-state index contributed by atoms with van der Waals surface area (Å²) < 4.78 is 0. The van der Waals surface area contributed by atoms with Crippen molar-refractivity contribution in [1.29, 1.82) is 0 Å². The number of rotatable bonds is 1. The molecule has 0 heterocycles. The second-order valence-electron chi connectivity index (χ2n) is 5.33. The minimum absolute atomic E-state index is 0.391. The Kier molecular flexibility index (Phi) is 0.755. The van der Waals surface area contributed by atoms with E-state index in [0.29, 0.717) is 22.9 Å². The SMILES string of the molecule is C[C@@]12CC[C@H]3[C@@]1(CO)C[C@@]32C. The Bertz CT molecular complexity index is 237. The monoisotopic (exact) mass is 152 g/mol. The van der Waals surface area contributed by atoms with Crippen molar-refractivity contribution in [2.75, 3.05) is 6.61 Å². The molecule has 5 rings (SSSR count). The molecule has 0 amide bonds. The molecule has 5 fully saturated rings. The summed E-state index contributed by atoms with van der Waals surface area (Å²) in [6.45, 7) is 5.25. The van der Waals surface area contributed by atoms with Crippen LogP contribution in [0.3, 0.4) is 0 Å². The first-order valence-corrected chi connectivity index (χ1v) is 4.72. The van der Waals surface area contributed by atoms with Crippen molar-refractivity contribution in [2.45, 2.75) is 33.1 Å². The maximum Gasteiger partial charge on any atom is 0.0495 e. The molecule has 0 unspecified atom stereocenters. The van der Waals surface area contributed by atoms with Crippen molar-refractivity contribution >= 4 is 0 Å². The van der Waals surface area contributed by atoms with Gasteiger partial charge in [0.05, 0.1) is 0 Å². The molecule has 4 bridgehead atoms. The summed E-state index contributed by atoms with van der Waals surface area (Å²) in [7, 11) is 0. The normalized spacial score (nSPS) is 70.6. The molecule has 62 valence electrons. The van der Waals surface area contributed by atoms with Crippen molar-refractivity contribution in [3.05, 3.63) is 0 Å². The zero-order valence-corrected chi connectivity index (χ0v) is 7.35. The maximum absolute atomic E-state index is 9.34. The molecule has 0 aromatic rings. The van der Waals surface area contributed by atoms with Gasteiger partial charge in [0.2, 0.25) is 0 Å². The van der Waals surface area contributed by atoms with Gasteiger partial charge in [0.1, 0.15) is 0 Å². The van der Waals surface area contributed by atoms with E-state index in [2.05, 4.69) is 13.8 Å². The van der Waals surface area contributed by atoms with E-state index < -0.39 is 0 Å². The van der Waals surface area contributed by atoms with Crippen LogP contribution in [-0.2, 0) is 0 Å². The second kappa shape index (κ2) is 1.28. The summed E-state index contributed by atoms with van der Waals surface area (Å²) in [6.07, 6.45) is 4.06. The molecule has 11 heavy (non-hydrogen) atoms. The number of hydrogen-bond acceptors (Lipinski definition) is 1. The summed E-state index contributed by atoms with van der Waals surface area (Å²) in [6, 6.07) is 0. The first kappa shape index (κ1) is 6.47. The molecule has 1 nitrogen and oxygen atoms in total. The van der Waals surface area contributed by atoms with Crippen LogP contribution < -0.4 is 0 Å². The van der Waals surface area contributed by atoms with Crippen LogP contribution in [-0.4, -0.2) is 11.7 Å². The fourth-order valence-corrected chi connectivity index (χ4v) is 4.83. The average molecular weight is 152 g/mol. The van der Waals surface area contributed by atoms with E-state index in [1.54, 1.807) is 0 Å². The summed E-state index contributed by atoms with van der Waals surface area (Å²) in [5.41, 5.74) is 1.55. The van der Waals surface area contributed by atoms with E-state index in [1.165, 1.54) is 19.3 Å². The molecular weight excluding hydrogens is 136 g/mol. The zero-order valence-electron chi connectivity index (χ0n) is 7.35. The second-order valence-corrected chi connectivity index (χ2v) is 5.33. The van der Waals surface area contributed by atoms with Crippen LogP contribution in [0.2, 0.25) is 0 Å². The van der Waals surface area contributed by atoms with Gasteiger partial charge >= 0.3 is 0 Å². The molecule has 0 saturated heterocycles. The lowest BCUT2D eigenvalue weighted by molar-refractivity contribution is -0.361. The highest BCUT2D eigenvalue weighted by Crippen LogP contribution is 2.93. The fourth-order valence-electron chi connectivity index (χ4n) is 4.83. The lowest BCUT2D eigenvalue weighted by Crippen LogP contribution is -2.79. The van der Waals surface area contributed by atoms with Gasteiger partial charge in [-0.3, -0.25) is 0 Å². The Balaban J connectivity index is 2.08. The molecule has 0 aliphatic heterocycles. The average Bonchev–Trinajstić information content (AvgIpc) is 2.34. The van der Waals surface area contributed by atoms with E-state index in [9.17, 15) is 5.11 Å². The molecule has 4 atom stereocenters. The van der Waals surface area contributed by atoms with Crippen LogP contribution in [0, 0.1) is 22.2 Å². The Morgan fingerprint density at radius 1 is 1.45 bits per heavy atom. The van der Waals surface area contributed by atoms with Gasteiger partial charge in [0, 0.05) is 12.0 Å². The molecule has 5 aliphatic carbocycles. The van der Waals surface area contributed by atoms with Gasteiger partial charge in [0.25, 0.3) is 0 Å². The standard InChI is InChI=1S/C10H16O/c1-8-5-10(6-11)7(8)3-4-9(8,10)2/h7,11H,3-6H2,1-2H3/t7-,8+,9+,10+/m1/s1. The minimum Gasteiger partial charge on any atom is -0.396 e.